The average Bonchev–Trinajstić information content (AvgIpc) is 2.71. The van der Waals surface area contributed by atoms with E-state index in [1.807, 2.05) is 0 Å². The number of likely N-dealkylation sites (N-methyl/N-ethyl adjacent to an activating group) is 2. The molecule has 0 aliphatic heterocycles. The van der Waals surface area contributed by atoms with Gasteiger partial charge in [0.1, 0.15) is 12.1 Å². The van der Waals surface area contributed by atoms with Crippen LogP contribution in [0.2, 0.25) is 0 Å². The van der Waals surface area contributed by atoms with Crippen LogP contribution >= 0.6 is 0 Å². The molecule has 0 aliphatic rings. The van der Waals surface area contributed by atoms with Gasteiger partial charge in [0.2, 0.25) is 23.6 Å². The summed E-state index contributed by atoms with van der Waals surface area (Å²) in [7, 11) is 2.85. The predicted molar refractivity (Wildman–Crippen MR) is 128 cm³/mol. The van der Waals surface area contributed by atoms with E-state index in [1.165, 1.54) is 28.8 Å². The normalized spacial score (nSPS) is 10.6. The highest BCUT2D eigenvalue weighted by molar-refractivity contribution is 5.90. The molecule has 0 rings (SSSR count). The van der Waals surface area contributed by atoms with Crippen molar-refractivity contribution < 1.29 is 28.7 Å². The van der Waals surface area contributed by atoms with Crippen molar-refractivity contribution in [3.05, 3.63) is 25.3 Å². The Morgan fingerprint density at radius 3 is 1.65 bits per heavy atom. The monoisotopic (exact) mass is 481 g/mol. The van der Waals surface area contributed by atoms with Crippen molar-refractivity contribution in [2.24, 2.45) is 5.73 Å². The van der Waals surface area contributed by atoms with Crippen LogP contribution in [0.5, 0.6) is 0 Å². The number of carbonyl (C=O) groups excluding carboxylic acids is 5. The van der Waals surface area contributed by atoms with E-state index in [4.69, 9.17) is 10.5 Å². The number of carbonyl (C=O) groups is 5. The van der Waals surface area contributed by atoms with E-state index >= 15 is 0 Å². The zero-order valence-electron chi connectivity index (χ0n) is 21.0. The lowest BCUT2D eigenvalue weighted by atomic mass is 10.2. The summed E-state index contributed by atoms with van der Waals surface area (Å²) in [4.78, 5) is 66.2. The number of nitrogens with zero attached hydrogens (tertiary/aromatic N) is 4. The fourth-order valence-corrected chi connectivity index (χ4v) is 2.62. The summed E-state index contributed by atoms with van der Waals surface area (Å²) in [6.07, 6.45) is 3.52. The zero-order chi connectivity index (χ0) is 26.5. The van der Waals surface area contributed by atoms with Crippen LogP contribution in [0.4, 0.5) is 4.79 Å². The van der Waals surface area contributed by atoms with E-state index in [9.17, 15) is 24.0 Å². The van der Waals surface area contributed by atoms with Crippen molar-refractivity contribution >= 4 is 29.7 Å². The second-order valence-electron chi connectivity index (χ2n) is 8.84. The lowest BCUT2D eigenvalue weighted by molar-refractivity contribution is -0.143. The minimum Gasteiger partial charge on any atom is -0.444 e. The van der Waals surface area contributed by atoms with Crippen LogP contribution in [-0.4, -0.2) is 108 Å². The van der Waals surface area contributed by atoms with Gasteiger partial charge in [-0.15, -0.1) is 13.2 Å². The largest absolute Gasteiger partial charge is 0.444 e. The first-order valence-electron chi connectivity index (χ1n) is 11.0. The number of amides is 5. The van der Waals surface area contributed by atoms with Gasteiger partial charge in [-0.2, -0.15) is 0 Å². The Kier molecular flexibility index (Phi) is 13.3. The van der Waals surface area contributed by atoms with Gasteiger partial charge < -0.3 is 25.2 Å². The Hall–Kier alpha value is -3.37. The highest BCUT2D eigenvalue weighted by atomic mass is 16.6. The van der Waals surface area contributed by atoms with E-state index in [2.05, 4.69) is 13.2 Å². The minimum atomic E-state index is -0.724. The summed E-state index contributed by atoms with van der Waals surface area (Å²) < 4.78 is 5.34. The first-order chi connectivity index (χ1) is 15.7. The van der Waals surface area contributed by atoms with Crippen molar-refractivity contribution in [2.75, 3.05) is 53.4 Å². The van der Waals surface area contributed by atoms with Crippen LogP contribution in [0.25, 0.3) is 0 Å². The summed E-state index contributed by atoms with van der Waals surface area (Å²) >= 11 is 0. The van der Waals surface area contributed by atoms with Gasteiger partial charge in [-0.25, -0.2) is 4.79 Å². The molecule has 0 aromatic carbocycles. The Morgan fingerprint density at radius 1 is 0.765 bits per heavy atom. The predicted octanol–water partition coefficient (Wildman–Crippen LogP) is 0.606. The van der Waals surface area contributed by atoms with Crippen LogP contribution in [0.3, 0.4) is 0 Å². The van der Waals surface area contributed by atoms with Crippen LogP contribution in [0.1, 0.15) is 33.6 Å². The highest BCUT2D eigenvalue weighted by Gasteiger charge is 2.26. The maximum atomic E-state index is 12.7. The van der Waals surface area contributed by atoms with Gasteiger partial charge in [0.05, 0.1) is 19.6 Å². The third kappa shape index (κ3) is 12.6. The third-order valence-electron chi connectivity index (χ3n) is 4.48. The molecule has 0 bridgehead atoms. The molecule has 0 aliphatic carbocycles. The lowest BCUT2D eigenvalue weighted by Gasteiger charge is -2.29. The molecule has 192 valence electrons. The topological polar surface area (TPSA) is 134 Å². The van der Waals surface area contributed by atoms with Gasteiger partial charge in [0, 0.05) is 27.2 Å². The molecule has 0 atom stereocenters. The molecule has 0 fully saturated rings. The molecule has 0 aromatic rings. The number of ether oxygens (including phenoxy) is 1. The molecule has 0 heterocycles. The third-order valence-corrected chi connectivity index (χ3v) is 4.48. The Labute approximate surface area is 202 Å². The zero-order valence-corrected chi connectivity index (χ0v) is 21.0. The first kappa shape index (κ1) is 30.6. The molecule has 0 radical (unpaired) electrons. The van der Waals surface area contributed by atoms with Crippen LogP contribution in [0.15, 0.2) is 25.3 Å². The van der Waals surface area contributed by atoms with Crippen molar-refractivity contribution in [3.8, 4) is 0 Å². The second-order valence-corrected chi connectivity index (χ2v) is 8.84. The molecule has 5 amide bonds. The number of rotatable bonds is 14. The second kappa shape index (κ2) is 14.7. The number of hydrogen-bond donors (Lipinski definition) is 1. The van der Waals surface area contributed by atoms with Crippen molar-refractivity contribution in [1.82, 2.24) is 19.6 Å². The molecule has 0 saturated carbocycles. The maximum absolute atomic E-state index is 12.7. The average molecular weight is 482 g/mol. The van der Waals surface area contributed by atoms with Gasteiger partial charge >= 0.3 is 6.09 Å². The quantitative estimate of drug-likeness (QED) is 0.361. The molecule has 0 unspecified atom stereocenters. The molecule has 0 spiro atoms. The molecule has 2 N–H and O–H groups in total. The summed E-state index contributed by atoms with van der Waals surface area (Å²) in [6.45, 7) is 11.7. The Bertz CT molecular complexity index is 761. The van der Waals surface area contributed by atoms with Gasteiger partial charge in [-0.05, 0) is 33.6 Å². The van der Waals surface area contributed by atoms with E-state index in [-0.39, 0.29) is 39.3 Å². The molecule has 34 heavy (non-hydrogen) atoms. The highest BCUT2D eigenvalue weighted by Crippen LogP contribution is 2.11. The van der Waals surface area contributed by atoms with Gasteiger partial charge in [-0.3, -0.25) is 24.1 Å². The smallest absolute Gasteiger partial charge is 0.410 e. The fourth-order valence-electron chi connectivity index (χ4n) is 2.62. The first-order valence-corrected chi connectivity index (χ1v) is 11.0. The Balaban J connectivity index is 5.03. The van der Waals surface area contributed by atoms with E-state index in [0.717, 1.165) is 4.90 Å². The van der Waals surface area contributed by atoms with Gasteiger partial charge in [0.15, 0.2) is 0 Å². The van der Waals surface area contributed by atoms with Crippen molar-refractivity contribution in [3.63, 3.8) is 0 Å². The van der Waals surface area contributed by atoms with Crippen molar-refractivity contribution in [1.29, 1.82) is 0 Å². The number of hydrogen-bond acceptors (Lipinski definition) is 6. The molecular weight excluding hydrogens is 442 g/mol. The molecule has 11 nitrogen and oxygen atoms in total. The lowest BCUT2D eigenvalue weighted by Crippen LogP contribution is -2.48. The molecular formula is C23H39N5O6. The van der Waals surface area contributed by atoms with Crippen LogP contribution in [-0.2, 0) is 23.9 Å². The molecule has 0 saturated heterocycles. The standard InChI is InChI=1S/C23H39N5O6/c1-8-10-12-27(14-18(24)29)21(32)16-26(7)19(30)15-25(6)20(31)17-28(13-11-9-2)22(33)34-23(3,4)5/h8-9H,1-2,10-17H2,3-7H3,(H2,24,29). The van der Waals surface area contributed by atoms with Crippen LogP contribution < -0.4 is 5.73 Å². The SMILES string of the molecule is C=CCCN(CC(N)=O)C(=O)CN(C)C(=O)CN(C)C(=O)CN(CCC=C)C(=O)OC(C)(C)C. The number of primary amides is 1. The fraction of sp³-hybridized carbons (Fsp3) is 0.609. The summed E-state index contributed by atoms with van der Waals surface area (Å²) in [5, 5.41) is 0. The van der Waals surface area contributed by atoms with E-state index in [1.54, 1.807) is 32.9 Å². The molecule has 11 heteroatoms. The minimum absolute atomic E-state index is 0.237. The number of nitrogens with two attached hydrogens (primary N) is 1. The van der Waals surface area contributed by atoms with Gasteiger partial charge in [-0.1, -0.05) is 12.2 Å². The van der Waals surface area contributed by atoms with Gasteiger partial charge in [0.25, 0.3) is 0 Å². The van der Waals surface area contributed by atoms with E-state index < -0.39 is 35.3 Å². The van der Waals surface area contributed by atoms with Crippen LogP contribution in [0, 0.1) is 0 Å². The maximum Gasteiger partial charge on any atom is 0.410 e. The Morgan fingerprint density at radius 2 is 1.21 bits per heavy atom. The molecule has 0 aromatic heterocycles. The summed E-state index contributed by atoms with van der Waals surface area (Å²) in [6, 6.07) is 0. The van der Waals surface area contributed by atoms with Crippen molar-refractivity contribution in [2.45, 2.75) is 39.2 Å². The summed E-state index contributed by atoms with van der Waals surface area (Å²) in [5.41, 5.74) is 4.47. The van der Waals surface area contributed by atoms with E-state index in [0.29, 0.717) is 12.8 Å². The summed E-state index contributed by atoms with van der Waals surface area (Å²) in [5.74, 6) is -2.07.